The van der Waals surface area contributed by atoms with Crippen molar-refractivity contribution >= 4 is 23.6 Å². The Balaban J connectivity index is 1.73. The van der Waals surface area contributed by atoms with Crippen LogP contribution in [-0.4, -0.2) is 23.3 Å². The van der Waals surface area contributed by atoms with Gasteiger partial charge in [0.25, 0.3) is 5.69 Å². The van der Waals surface area contributed by atoms with Gasteiger partial charge in [-0.2, -0.15) is 0 Å². The highest BCUT2D eigenvalue weighted by Crippen LogP contribution is 2.12. The number of amides is 2. The summed E-state index contributed by atoms with van der Waals surface area (Å²) < 4.78 is 5.06. The Morgan fingerprint density at radius 2 is 1.92 bits per heavy atom. The van der Waals surface area contributed by atoms with Gasteiger partial charge in [-0.1, -0.05) is 0 Å². The van der Waals surface area contributed by atoms with Crippen LogP contribution in [0, 0.1) is 10.1 Å². The Hall–Kier alpha value is -3.42. The molecule has 0 saturated carbocycles. The number of nitrogens with one attached hydrogen (secondary N) is 2. The molecule has 2 rings (SSSR count). The van der Waals surface area contributed by atoms with Crippen LogP contribution in [0.5, 0.6) is 0 Å². The zero-order chi connectivity index (χ0) is 17.4. The lowest BCUT2D eigenvalue weighted by atomic mass is 10.2. The van der Waals surface area contributed by atoms with Crippen molar-refractivity contribution in [2.24, 2.45) is 0 Å². The van der Waals surface area contributed by atoms with Crippen LogP contribution >= 0.6 is 0 Å². The fourth-order valence-electron chi connectivity index (χ4n) is 1.77. The van der Waals surface area contributed by atoms with Gasteiger partial charge in [-0.25, -0.2) is 0 Å². The van der Waals surface area contributed by atoms with Crippen molar-refractivity contribution in [3.63, 3.8) is 0 Å². The molecule has 0 saturated heterocycles. The second-order valence-corrected chi connectivity index (χ2v) is 4.76. The summed E-state index contributed by atoms with van der Waals surface area (Å²) in [5, 5.41) is 15.6. The molecule has 0 aliphatic rings. The molecule has 124 valence electrons. The van der Waals surface area contributed by atoms with Crippen LogP contribution in [-0.2, 0) is 16.1 Å². The second kappa shape index (κ2) is 8.28. The van der Waals surface area contributed by atoms with Crippen molar-refractivity contribution in [3.8, 4) is 0 Å². The molecule has 0 unspecified atom stereocenters. The van der Waals surface area contributed by atoms with E-state index in [0.29, 0.717) is 11.3 Å². The van der Waals surface area contributed by atoms with E-state index < -0.39 is 10.8 Å². The maximum atomic E-state index is 11.6. The molecule has 0 aliphatic carbocycles. The number of benzene rings is 1. The summed E-state index contributed by atoms with van der Waals surface area (Å²) in [6, 6.07) is 9.19. The molecule has 1 heterocycles. The number of hydrogen-bond donors (Lipinski definition) is 2. The zero-order valence-electron chi connectivity index (χ0n) is 12.6. The minimum Gasteiger partial charge on any atom is -0.467 e. The quantitative estimate of drug-likeness (QED) is 0.455. The molecule has 2 N–H and O–H groups in total. The Morgan fingerprint density at radius 1 is 1.17 bits per heavy atom. The fourth-order valence-corrected chi connectivity index (χ4v) is 1.77. The lowest BCUT2D eigenvalue weighted by molar-refractivity contribution is -0.384. The highest BCUT2D eigenvalue weighted by Gasteiger charge is 2.05. The Morgan fingerprint density at radius 3 is 2.54 bits per heavy atom. The van der Waals surface area contributed by atoms with E-state index in [2.05, 4.69) is 10.6 Å². The monoisotopic (exact) mass is 329 g/mol. The van der Waals surface area contributed by atoms with Gasteiger partial charge in [0.1, 0.15) is 5.76 Å². The Bertz CT molecular complexity index is 736. The maximum absolute atomic E-state index is 11.6. The summed E-state index contributed by atoms with van der Waals surface area (Å²) in [5.41, 5.74) is 0.614. The van der Waals surface area contributed by atoms with Crippen LogP contribution in [0.3, 0.4) is 0 Å². The number of non-ortho nitro benzene ring substituents is 1. The van der Waals surface area contributed by atoms with Gasteiger partial charge in [0.05, 0.1) is 24.3 Å². The van der Waals surface area contributed by atoms with E-state index in [4.69, 9.17) is 4.42 Å². The number of rotatable bonds is 7. The number of hydrogen-bond acceptors (Lipinski definition) is 5. The molecule has 1 aromatic carbocycles. The summed E-state index contributed by atoms with van der Waals surface area (Å²) in [6.45, 7) is 0.0878. The van der Waals surface area contributed by atoms with E-state index in [1.807, 2.05) is 0 Å². The molecule has 1 aromatic heterocycles. The smallest absolute Gasteiger partial charge is 0.269 e. The number of nitro groups is 1. The SMILES string of the molecule is O=C(/C=C/c1ccc([N+](=O)[O-])cc1)NCC(=O)NCc1ccco1. The molecule has 0 aliphatic heterocycles. The number of furan rings is 1. The van der Waals surface area contributed by atoms with Gasteiger partial charge < -0.3 is 15.1 Å². The first kappa shape index (κ1) is 16.9. The molecular weight excluding hydrogens is 314 g/mol. The number of nitro benzene ring substituents is 1. The van der Waals surface area contributed by atoms with Crippen molar-refractivity contribution in [3.05, 3.63) is 70.2 Å². The summed E-state index contributed by atoms with van der Waals surface area (Å²) in [6.07, 6.45) is 4.26. The van der Waals surface area contributed by atoms with Crippen molar-refractivity contribution in [2.75, 3.05) is 6.54 Å². The third kappa shape index (κ3) is 5.41. The molecule has 2 aromatic rings. The van der Waals surface area contributed by atoms with Gasteiger partial charge in [0.2, 0.25) is 11.8 Å². The van der Waals surface area contributed by atoms with Crippen LogP contribution in [0.4, 0.5) is 5.69 Å². The fraction of sp³-hybridized carbons (Fsp3) is 0.125. The first-order valence-electron chi connectivity index (χ1n) is 7.04. The number of nitrogens with zero attached hydrogens (tertiary/aromatic N) is 1. The van der Waals surface area contributed by atoms with E-state index in [1.165, 1.54) is 42.7 Å². The third-order valence-electron chi connectivity index (χ3n) is 2.99. The minimum atomic E-state index is -0.498. The van der Waals surface area contributed by atoms with Gasteiger partial charge in [-0.15, -0.1) is 0 Å². The van der Waals surface area contributed by atoms with E-state index in [1.54, 1.807) is 12.1 Å². The van der Waals surface area contributed by atoms with Crippen LogP contribution in [0.15, 0.2) is 53.2 Å². The first-order valence-corrected chi connectivity index (χ1v) is 7.04. The van der Waals surface area contributed by atoms with Crippen molar-refractivity contribution in [2.45, 2.75) is 6.54 Å². The molecule has 2 amide bonds. The standard InChI is InChI=1S/C16H15N3O5/c20-15(8-5-12-3-6-13(7-4-12)19(22)23)18-11-16(21)17-10-14-2-1-9-24-14/h1-9H,10-11H2,(H,17,21)(H,18,20)/b8-5+. The first-order chi connectivity index (χ1) is 11.5. The summed E-state index contributed by atoms with van der Waals surface area (Å²) in [7, 11) is 0. The Kier molecular flexibility index (Phi) is 5.84. The predicted molar refractivity (Wildman–Crippen MR) is 85.7 cm³/mol. The second-order valence-electron chi connectivity index (χ2n) is 4.76. The molecule has 0 radical (unpaired) electrons. The number of carbonyl (C=O) groups is 2. The molecule has 8 heteroatoms. The van der Waals surface area contributed by atoms with Crippen molar-refractivity contribution < 1.29 is 18.9 Å². The van der Waals surface area contributed by atoms with Crippen LogP contribution in [0.1, 0.15) is 11.3 Å². The van der Waals surface area contributed by atoms with E-state index in [9.17, 15) is 19.7 Å². The van der Waals surface area contributed by atoms with E-state index in [0.717, 1.165) is 0 Å². The summed E-state index contributed by atoms with van der Waals surface area (Å²) in [4.78, 5) is 33.2. The summed E-state index contributed by atoms with van der Waals surface area (Å²) in [5.74, 6) is -0.169. The van der Waals surface area contributed by atoms with Gasteiger partial charge in [0.15, 0.2) is 0 Å². The number of carbonyl (C=O) groups excluding carboxylic acids is 2. The highest BCUT2D eigenvalue weighted by molar-refractivity contribution is 5.94. The molecule has 0 bridgehead atoms. The molecule has 0 fully saturated rings. The van der Waals surface area contributed by atoms with Gasteiger partial charge in [0, 0.05) is 18.2 Å². The van der Waals surface area contributed by atoms with Gasteiger partial charge in [-0.3, -0.25) is 19.7 Å². The van der Waals surface area contributed by atoms with Gasteiger partial charge >= 0.3 is 0 Å². The highest BCUT2D eigenvalue weighted by atomic mass is 16.6. The normalized spacial score (nSPS) is 10.5. The van der Waals surface area contributed by atoms with Crippen LogP contribution in [0.2, 0.25) is 0 Å². The van der Waals surface area contributed by atoms with Gasteiger partial charge in [-0.05, 0) is 35.9 Å². The zero-order valence-corrected chi connectivity index (χ0v) is 12.6. The average Bonchev–Trinajstić information content (AvgIpc) is 3.10. The summed E-state index contributed by atoms with van der Waals surface area (Å²) >= 11 is 0. The van der Waals surface area contributed by atoms with E-state index in [-0.39, 0.29) is 24.7 Å². The van der Waals surface area contributed by atoms with Crippen LogP contribution in [0.25, 0.3) is 6.08 Å². The molecular formula is C16H15N3O5. The lowest BCUT2D eigenvalue weighted by Gasteiger charge is -2.03. The van der Waals surface area contributed by atoms with E-state index >= 15 is 0 Å². The predicted octanol–water partition coefficient (Wildman–Crippen LogP) is 1.63. The van der Waals surface area contributed by atoms with Crippen LogP contribution < -0.4 is 10.6 Å². The Labute approximate surface area is 137 Å². The van der Waals surface area contributed by atoms with Crippen molar-refractivity contribution in [1.29, 1.82) is 0 Å². The molecule has 8 nitrogen and oxygen atoms in total. The molecule has 0 spiro atoms. The van der Waals surface area contributed by atoms with Crippen molar-refractivity contribution in [1.82, 2.24) is 10.6 Å². The molecule has 24 heavy (non-hydrogen) atoms. The lowest BCUT2D eigenvalue weighted by Crippen LogP contribution is -2.35. The third-order valence-corrected chi connectivity index (χ3v) is 2.99. The maximum Gasteiger partial charge on any atom is 0.269 e. The molecule has 0 atom stereocenters. The minimum absolute atomic E-state index is 0.0233. The average molecular weight is 329 g/mol. The largest absolute Gasteiger partial charge is 0.467 e. The topological polar surface area (TPSA) is 114 Å².